The average molecular weight is 226 g/mol. The second kappa shape index (κ2) is 3.75. The van der Waals surface area contributed by atoms with Crippen molar-refractivity contribution in [3.63, 3.8) is 0 Å². The minimum absolute atomic E-state index is 0.775. The highest BCUT2D eigenvalue weighted by molar-refractivity contribution is 5.92. The van der Waals surface area contributed by atoms with E-state index in [1.807, 2.05) is 24.2 Å². The van der Waals surface area contributed by atoms with E-state index in [-0.39, 0.29) is 0 Å². The van der Waals surface area contributed by atoms with Crippen molar-refractivity contribution in [2.45, 2.75) is 0 Å². The fourth-order valence-electron chi connectivity index (χ4n) is 2.08. The number of nitrogen functional groups attached to an aromatic ring is 1. The number of rotatable bonds is 1. The highest BCUT2D eigenvalue weighted by Gasteiger charge is 2.11. The Kier molecular flexibility index (Phi) is 2.23. The van der Waals surface area contributed by atoms with Gasteiger partial charge in [0.25, 0.3) is 0 Å². The van der Waals surface area contributed by atoms with Gasteiger partial charge in [-0.3, -0.25) is 4.98 Å². The van der Waals surface area contributed by atoms with Crippen LogP contribution in [0, 0.1) is 0 Å². The molecule has 0 bridgehead atoms. The molecule has 86 valence electrons. The van der Waals surface area contributed by atoms with Gasteiger partial charge < -0.3 is 10.7 Å². The third-order valence-corrected chi connectivity index (χ3v) is 3.01. The monoisotopic (exact) mass is 226 g/mol. The quantitative estimate of drug-likeness (QED) is 0.775. The summed E-state index contributed by atoms with van der Waals surface area (Å²) in [4.78, 5) is 4.30. The van der Waals surface area contributed by atoms with Crippen molar-refractivity contribution >= 4 is 22.2 Å². The predicted molar refractivity (Wildman–Crippen MR) is 69.9 cm³/mol. The third-order valence-electron chi connectivity index (χ3n) is 3.01. The molecule has 0 atom stereocenters. The molecule has 0 spiro atoms. The molecule has 3 N–H and O–H groups in total. The van der Waals surface area contributed by atoms with E-state index in [1.165, 1.54) is 11.1 Å². The maximum Gasteiger partial charge on any atom is 0.0723 e. The summed E-state index contributed by atoms with van der Waals surface area (Å²) in [6.07, 6.45) is 3.83. The van der Waals surface area contributed by atoms with E-state index in [0.717, 1.165) is 23.1 Å². The van der Waals surface area contributed by atoms with Crippen LogP contribution in [0.2, 0.25) is 0 Å². The molecule has 1 aliphatic rings. The summed E-state index contributed by atoms with van der Waals surface area (Å²) >= 11 is 0. The molecule has 2 heterocycles. The summed E-state index contributed by atoms with van der Waals surface area (Å²) in [5, 5.41) is 2.98. The number of benzene rings is 1. The first kappa shape index (κ1) is 10.1. The van der Waals surface area contributed by atoms with Gasteiger partial charge in [0, 0.05) is 37.1 Å². The van der Waals surface area contributed by atoms with Crippen LogP contribution in [0.4, 0.5) is 5.69 Å². The SMILES string of the molecule is CN1C=C(c2ccc3nccc(N)c3c2)CN1. The van der Waals surface area contributed by atoms with Gasteiger partial charge in [0.05, 0.1) is 5.52 Å². The summed E-state index contributed by atoms with van der Waals surface area (Å²) in [5.41, 5.74) is 13.4. The molecule has 3 rings (SSSR count). The lowest BCUT2D eigenvalue weighted by Gasteiger charge is -2.05. The molecule has 0 saturated heterocycles. The molecule has 0 fully saturated rings. The Morgan fingerprint density at radius 1 is 1.35 bits per heavy atom. The minimum Gasteiger partial charge on any atom is -0.398 e. The molecule has 2 aromatic rings. The number of hydrazine groups is 1. The predicted octanol–water partition coefficient (Wildman–Crippen LogP) is 1.61. The molecule has 17 heavy (non-hydrogen) atoms. The molecule has 0 radical (unpaired) electrons. The normalized spacial score (nSPS) is 15.4. The molecule has 4 nitrogen and oxygen atoms in total. The average Bonchev–Trinajstić information content (AvgIpc) is 2.76. The first-order valence-electron chi connectivity index (χ1n) is 5.56. The standard InChI is InChI=1S/C13H14N4/c1-17-8-10(7-16-17)9-2-3-13-11(6-9)12(14)4-5-15-13/h2-6,8,16H,7H2,1H3,(H2,14,15). The van der Waals surface area contributed by atoms with Crippen molar-refractivity contribution in [2.24, 2.45) is 0 Å². The molecule has 1 aliphatic heterocycles. The van der Waals surface area contributed by atoms with Gasteiger partial charge in [0.15, 0.2) is 0 Å². The Bertz CT molecular complexity index is 603. The van der Waals surface area contributed by atoms with Gasteiger partial charge in [0.2, 0.25) is 0 Å². The summed E-state index contributed by atoms with van der Waals surface area (Å²) in [7, 11) is 1.99. The van der Waals surface area contributed by atoms with Crippen molar-refractivity contribution in [2.75, 3.05) is 19.3 Å². The van der Waals surface area contributed by atoms with Crippen molar-refractivity contribution in [1.29, 1.82) is 0 Å². The van der Waals surface area contributed by atoms with Crippen LogP contribution >= 0.6 is 0 Å². The summed E-state index contributed by atoms with van der Waals surface area (Å²) < 4.78 is 0. The molecule has 0 unspecified atom stereocenters. The number of aromatic nitrogens is 1. The van der Waals surface area contributed by atoms with Crippen molar-refractivity contribution in [3.05, 3.63) is 42.2 Å². The molecular formula is C13H14N4. The number of hydrogen-bond acceptors (Lipinski definition) is 4. The Labute approximate surface area is 99.7 Å². The van der Waals surface area contributed by atoms with Gasteiger partial charge in [0.1, 0.15) is 0 Å². The summed E-state index contributed by atoms with van der Waals surface area (Å²) in [5.74, 6) is 0. The van der Waals surface area contributed by atoms with E-state index < -0.39 is 0 Å². The first-order chi connectivity index (χ1) is 8.24. The van der Waals surface area contributed by atoms with Gasteiger partial charge in [-0.05, 0) is 29.3 Å². The summed E-state index contributed by atoms with van der Waals surface area (Å²) in [6, 6.07) is 8.03. The van der Waals surface area contributed by atoms with Gasteiger partial charge in [-0.15, -0.1) is 0 Å². The number of anilines is 1. The van der Waals surface area contributed by atoms with E-state index in [4.69, 9.17) is 5.73 Å². The molecule has 1 aromatic carbocycles. The number of nitrogens with zero attached hydrogens (tertiary/aromatic N) is 2. The highest BCUT2D eigenvalue weighted by Crippen LogP contribution is 2.25. The number of pyridine rings is 1. The lowest BCUT2D eigenvalue weighted by Crippen LogP contribution is -2.23. The zero-order chi connectivity index (χ0) is 11.8. The van der Waals surface area contributed by atoms with Crippen LogP contribution in [0.25, 0.3) is 16.5 Å². The van der Waals surface area contributed by atoms with Crippen molar-refractivity contribution in [3.8, 4) is 0 Å². The molecule has 0 amide bonds. The second-order valence-corrected chi connectivity index (χ2v) is 4.23. The number of nitrogens with one attached hydrogen (secondary N) is 1. The van der Waals surface area contributed by atoms with Crippen LogP contribution in [0.1, 0.15) is 5.56 Å². The maximum absolute atomic E-state index is 5.97. The van der Waals surface area contributed by atoms with E-state index in [9.17, 15) is 0 Å². The van der Waals surface area contributed by atoms with E-state index in [1.54, 1.807) is 6.20 Å². The van der Waals surface area contributed by atoms with Gasteiger partial charge in [-0.1, -0.05) is 6.07 Å². The molecule has 0 aliphatic carbocycles. The smallest absolute Gasteiger partial charge is 0.0723 e. The number of hydrogen-bond donors (Lipinski definition) is 2. The Morgan fingerprint density at radius 2 is 2.24 bits per heavy atom. The molecule has 4 heteroatoms. The Hall–Kier alpha value is -2.07. The highest BCUT2D eigenvalue weighted by atomic mass is 15.5. The van der Waals surface area contributed by atoms with Crippen molar-refractivity contribution < 1.29 is 0 Å². The van der Waals surface area contributed by atoms with Crippen LogP contribution in [0.15, 0.2) is 36.7 Å². The topological polar surface area (TPSA) is 54.2 Å². The largest absolute Gasteiger partial charge is 0.398 e. The van der Waals surface area contributed by atoms with Crippen LogP contribution in [-0.2, 0) is 0 Å². The van der Waals surface area contributed by atoms with Crippen LogP contribution in [-0.4, -0.2) is 23.6 Å². The minimum atomic E-state index is 0.775. The molecule has 1 aromatic heterocycles. The number of nitrogens with two attached hydrogens (primary N) is 1. The Balaban J connectivity index is 2.13. The van der Waals surface area contributed by atoms with E-state index in [0.29, 0.717) is 0 Å². The molecule has 0 saturated carbocycles. The second-order valence-electron chi connectivity index (χ2n) is 4.23. The fourth-order valence-corrected chi connectivity index (χ4v) is 2.08. The zero-order valence-corrected chi connectivity index (χ0v) is 9.64. The molecular weight excluding hydrogens is 212 g/mol. The van der Waals surface area contributed by atoms with E-state index >= 15 is 0 Å². The van der Waals surface area contributed by atoms with Crippen LogP contribution < -0.4 is 11.2 Å². The fraction of sp³-hybridized carbons (Fsp3) is 0.154. The van der Waals surface area contributed by atoms with Crippen LogP contribution in [0.5, 0.6) is 0 Å². The Morgan fingerprint density at radius 3 is 3.00 bits per heavy atom. The van der Waals surface area contributed by atoms with E-state index in [2.05, 4.69) is 28.7 Å². The van der Waals surface area contributed by atoms with Gasteiger partial charge in [-0.25, -0.2) is 5.43 Å². The van der Waals surface area contributed by atoms with Crippen LogP contribution in [0.3, 0.4) is 0 Å². The maximum atomic E-state index is 5.97. The number of fused-ring (bicyclic) bond motifs is 1. The van der Waals surface area contributed by atoms with Gasteiger partial charge in [-0.2, -0.15) is 0 Å². The first-order valence-corrected chi connectivity index (χ1v) is 5.56. The zero-order valence-electron chi connectivity index (χ0n) is 9.64. The van der Waals surface area contributed by atoms with Gasteiger partial charge >= 0.3 is 0 Å². The lowest BCUT2D eigenvalue weighted by atomic mass is 10.0. The summed E-state index contributed by atoms with van der Waals surface area (Å²) in [6.45, 7) is 0.849. The third kappa shape index (κ3) is 1.72. The van der Waals surface area contributed by atoms with Crippen molar-refractivity contribution in [1.82, 2.24) is 15.4 Å². The lowest BCUT2D eigenvalue weighted by molar-refractivity contribution is 0.374.